The van der Waals surface area contributed by atoms with E-state index >= 15 is 0 Å². The maximum absolute atomic E-state index is 14.8. The molecule has 9 atom stereocenters. The molecule has 17 N–H and O–H groups in total. The molecule has 26 nitrogen and oxygen atoms in total. The highest BCUT2D eigenvalue weighted by Gasteiger charge is 2.42. The lowest BCUT2D eigenvalue weighted by Gasteiger charge is -2.32. The highest BCUT2D eigenvalue weighted by molar-refractivity contribution is 5.98. The molecule has 436 valence electrons. The molecule has 0 unspecified atom stereocenters. The van der Waals surface area contributed by atoms with Crippen LogP contribution in [-0.2, 0) is 56.0 Å². The Morgan fingerprint density at radius 1 is 0.759 bits per heavy atom. The smallest absolute Gasteiger partial charge is 0.326 e. The van der Waals surface area contributed by atoms with E-state index in [1.165, 1.54) is 16.1 Å². The van der Waals surface area contributed by atoms with Crippen molar-refractivity contribution in [3.05, 3.63) is 54.2 Å². The first-order valence-corrected chi connectivity index (χ1v) is 27.1. The van der Waals surface area contributed by atoms with Crippen molar-refractivity contribution in [3.8, 4) is 0 Å². The number of carboxylic acid groups (broad SMARTS) is 2. The average molecular weight is 1110 g/mol. The number of hydrogen-bond donors (Lipinski definition) is 13. The van der Waals surface area contributed by atoms with Gasteiger partial charge in [0.05, 0.1) is 12.4 Å². The Morgan fingerprint density at radius 2 is 1.35 bits per heavy atom. The van der Waals surface area contributed by atoms with Gasteiger partial charge in [-0.25, -0.2) is 9.78 Å². The van der Waals surface area contributed by atoms with E-state index in [4.69, 9.17) is 32.8 Å². The monoisotopic (exact) mass is 1110 g/mol. The number of rotatable bonds is 29. The van der Waals surface area contributed by atoms with Gasteiger partial charge in [-0.1, -0.05) is 52.3 Å². The van der Waals surface area contributed by atoms with Crippen LogP contribution in [0.25, 0.3) is 10.9 Å². The van der Waals surface area contributed by atoms with Crippen molar-refractivity contribution in [1.29, 1.82) is 0 Å². The van der Waals surface area contributed by atoms with E-state index in [9.17, 15) is 43.5 Å². The van der Waals surface area contributed by atoms with E-state index in [0.717, 1.165) is 17.8 Å². The van der Waals surface area contributed by atoms with E-state index in [0.29, 0.717) is 62.9 Å². The molecule has 5 rings (SSSR count). The molecule has 2 aliphatic rings. The molecule has 2 aromatic heterocycles. The maximum Gasteiger partial charge on any atom is 0.326 e. The number of nitrogens with one attached hydrogen (secondary N) is 7. The molecule has 4 heterocycles. The number of para-hydroxylation sites is 1. The summed E-state index contributed by atoms with van der Waals surface area (Å²) in [6.45, 7) is 9.23. The van der Waals surface area contributed by atoms with E-state index < -0.39 is 108 Å². The molecule has 0 aliphatic carbocycles. The second-order valence-electron chi connectivity index (χ2n) is 20.7. The first kappa shape index (κ1) is 63.9. The molecule has 26 heteroatoms. The van der Waals surface area contributed by atoms with Crippen molar-refractivity contribution in [2.24, 2.45) is 39.8 Å². The number of imidazole rings is 1. The Bertz CT molecular complexity index is 2550. The predicted octanol–water partition coefficient (Wildman–Crippen LogP) is -0.140. The molecule has 0 spiro atoms. The predicted molar refractivity (Wildman–Crippen MR) is 294 cm³/mol. The molecule has 0 saturated carbocycles. The summed E-state index contributed by atoms with van der Waals surface area (Å²) in [5, 5.41) is 32.1. The van der Waals surface area contributed by atoms with Gasteiger partial charge in [0.2, 0.25) is 41.4 Å². The summed E-state index contributed by atoms with van der Waals surface area (Å²) in [6, 6.07) is -1.48. The first-order chi connectivity index (χ1) is 37.6. The molecule has 7 amide bonds. The number of hydrogen-bond acceptors (Lipinski definition) is 13. The summed E-state index contributed by atoms with van der Waals surface area (Å²) < 4.78 is 0. The minimum absolute atomic E-state index is 0.0201. The highest BCUT2D eigenvalue weighted by atomic mass is 16.4. The Labute approximate surface area is 460 Å². The SMILES string of the molecule is CC(=O)O.CC[C@H](C)[C@H](NC(=O)[C@H](Cc1c[nH]c2ccccc12)NC(=O)[C@H]1CCCN1C(=O)[C@H](CCCN=C(N)N)NC(=O)[C@H](CCCCN)NC(=O)[C@@H]1CCCN1C(=O)[C@@H](N)Cc1cnc[nH]1)C(=O)N[C@@H](CC(C)C)C(=O)O. The van der Waals surface area contributed by atoms with E-state index in [1.807, 2.05) is 45.0 Å². The number of unbranched alkanes of at least 4 members (excludes halogenated alkanes) is 1. The molecule has 1 aromatic carbocycles. The second-order valence-corrected chi connectivity index (χ2v) is 20.7. The number of benzene rings is 1. The zero-order valence-corrected chi connectivity index (χ0v) is 46.0. The average Bonchev–Trinajstić information content (AvgIpc) is 4.27. The molecule has 2 fully saturated rings. The fourth-order valence-electron chi connectivity index (χ4n) is 9.71. The normalized spacial score (nSPS) is 17.7. The number of carbonyl (C=O) groups is 9. The maximum atomic E-state index is 14.8. The third-order valence-corrected chi connectivity index (χ3v) is 14.0. The Balaban J connectivity index is 0.00000325. The Hall–Kier alpha value is -7.61. The highest BCUT2D eigenvalue weighted by Crippen LogP contribution is 2.24. The lowest BCUT2D eigenvalue weighted by Crippen LogP contribution is -2.60. The van der Waals surface area contributed by atoms with Gasteiger partial charge >= 0.3 is 5.97 Å². The fraction of sp³-hybridized carbons (Fsp3) is 0.604. The van der Waals surface area contributed by atoms with Crippen LogP contribution < -0.4 is 49.5 Å². The molecular formula is C53H83N15O11. The van der Waals surface area contributed by atoms with E-state index in [1.54, 1.807) is 19.3 Å². The van der Waals surface area contributed by atoms with Crippen molar-refractivity contribution < 1.29 is 53.4 Å². The molecule has 0 radical (unpaired) electrons. The lowest BCUT2D eigenvalue weighted by molar-refractivity contribution is -0.143. The van der Waals surface area contributed by atoms with Gasteiger partial charge in [0.1, 0.15) is 42.3 Å². The van der Waals surface area contributed by atoms with Crippen LogP contribution in [0.1, 0.15) is 117 Å². The quantitative estimate of drug-likeness (QED) is 0.0244. The van der Waals surface area contributed by atoms with Crippen molar-refractivity contribution in [3.63, 3.8) is 0 Å². The lowest BCUT2D eigenvalue weighted by atomic mass is 9.96. The third kappa shape index (κ3) is 19.7. The van der Waals surface area contributed by atoms with Crippen molar-refractivity contribution >= 4 is 70.2 Å². The Kier molecular flexibility index (Phi) is 25.7. The summed E-state index contributed by atoms with van der Waals surface area (Å²) in [5.74, 6) is -6.94. The summed E-state index contributed by atoms with van der Waals surface area (Å²) >= 11 is 0. The summed E-state index contributed by atoms with van der Waals surface area (Å²) in [4.78, 5) is 138. The summed E-state index contributed by atoms with van der Waals surface area (Å²) in [6.07, 6.45) is 8.51. The molecule has 79 heavy (non-hydrogen) atoms. The summed E-state index contributed by atoms with van der Waals surface area (Å²) in [7, 11) is 0. The van der Waals surface area contributed by atoms with Gasteiger partial charge in [0, 0.05) is 68.4 Å². The number of aliphatic imine (C=N–C) groups is 1. The van der Waals surface area contributed by atoms with Gasteiger partial charge in [-0.2, -0.15) is 0 Å². The van der Waals surface area contributed by atoms with Gasteiger partial charge in [0.25, 0.3) is 5.97 Å². The number of fused-ring (bicyclic) bond motifs is 1. The van der Waals surface area contributed by atoms with Crippen LogP contribution in [0, 0.1) is 11.8 Å². The number of carboxylic acids is 2. The van der Waals surface area contributed by atoms with Gasteiger partial charge in [-0.05, 0) is 94.2 Å². The zero-order valence-electron chi connectivity index (χ0n) is 46.0. The first-order valence-electron chi connectivity index (χ1n) is 27.1. The fourth-order valence-corrected chi connectivity index (χ4v) is 9.71. The van der Waals surface area contributed by atoms with Gasteiger partial charge in [-0.15, -0.1) is 0 Å². The van der Waals surface area contributed by atoms with Crippen LogP contribution in [0.3, 0.4) is 0 Å². The molecule has 2 saturated heterocycles. The van der Waals surface area contributed by atoms with Crippen molar-refractivity contribution in [2.75, 3.05) is 26.2 Å². The minimum atomic E-state index is -1.27. The molecular weight excluding hydrogens is 1020 g/mol. The number of amides is 7. The minimum Gasteiger partial charge on any atom is -0.481 e. The van der Waals surface area contributed by atoms with Crippen LogP contribution in [0.15, 0.2) is 48.0 Å². The number of aliphatic carboxylic acids is 2. The number of aromatic amines is 2. The Morgan fingerprint density at radius 3 is 1.94 bits per heavy atom. The summed E-state index contributed by atoms with van der Waals surface area (Å²) in [5.41, 5.74) is 25.4. The van der Waals surface area contributed by atoms with Crippen LogP contribution in [0.4, 0.5) is 0 Å². The van der Waals surface area contributed by atoms with Gasteiger partial charge in [0.15, 0.2) is 5.96 Å². The number of carbonyl (C=O) groups excluding carboxylic acids is 7. The van der Waals surface area contributed by atoms with E-state index in [2.05, 4.69) is 46.5 Å². The van der Waals surface area contributed by atoms with Crippen LogP contribution in [0.2, 0.25) is 0 Å². The second kappa shape index (κ2) is 31.7. The topological polar surface area (TPSA) is 422 Å². The standard InChI is InChI=1S/C51H79N15O9.C2H4O2/c1-5-30(4)42(47(71)63-39(50(74)75)23-29(2)3)64-44(68)38(24-31-26-58-35-14-7-6-13-33(31)35)62-46(70)41-18-12-22-66(41)49(73)37(16-10-20-57-51(54)55)61-43(67)36(15-8-9-19-52)60-45(69)40-17-11-21-65(40)48(72)34(53)25-32-27-56-28-59-32;1-2(3)4/h6-7,13-14,26-30,34,36-42,58H,5,8-12,15-25,52-53H2,1-4H3,(H,56,59)(H,60,69)(H,61,67)(H,62,70)(H,63,71)(H,64,68)(H,74,75)(H4,54,55,57);1H3,(H,3,4)/t30-,34-,36-,37-,38-,39-,40-,41+,42-;/m0./s1. The van der Waals surface area contributed by atoms with Crippen LogP contribution in [-0.4, -0.2) is 169 Å². The number of H-pyrrole nitrogens is 2. The number of nitrogens with two attached hydrogens (primary N) is 4. The third-order valence-electron chi connectivity index (χ3n) is 14.0. The number of likely N-dealkylation sites (tertiary alicyclic amines) is 2. The van der Waals surface area contributed by atoms with E-state index in [-0.39, 0.29) is 69.9 Å². The van der Waals surface area contributed by atoms with Crippen molar-refractivity contribution in [2.45, 2.75) is 166 Å². The number of nitrogens with zero attached hydrogens (tertiary/aromatic N) is 4. The number of aromatic nitrogens is 3. The van der Waals surface area contributed by atoms with Crippen LogP contribution in [0.5, 0.6) is 0 Å². The largest absolute Gasteiger partial charge is 0.481 e. The molecule has 3 aromatic rings. The van der Waals surface area contributed by atoms with Gasteiger partial charge in [-0.3, -0.25) is 43.3 Å². The molecule has 2 aliphatic heterocycles. The molecule has 0 bridgehead atoms. The van der Waals surface area contributed by atoms with Crippen molar-refractivity contribution in [1.82, 2.24) is 51.3 Å². The van der Waals surface area contributed by atoms with Crippen LogP contribution >= 0.6 is 0 Å². The number of guanidine groups is 1. The van der Waals surface area contributed by atoms with Gasteiger partial charge < -0.3 is 79.5 Å². The zero-order chi connectivity index (χ0) is 58.3.